The summed E-state index contributed by atoms with van der Waals surface area (Å²) in [7, 11) is 32.0. The molecule has 3 rings (SSSR count). The van der Waals surface area contributed by atoms with E-state index in [1.807, 2.05) is 0 Å². The van der Waals surface area contributed by atoms with Crippen LogP contribution in [0.4, 0.5) is 0 Å². The second kappa shape index (κ2) is 6.88. The van der Waals surface area contributed by atoms with Crippen molar-refractivity contribution in [3.05, 3.63) is 42.1 Å². The molecule has 1 aliphatic heterocycles. The maximum absolute atomic E-state index is 6.22. The van der Waals surface area contributed by atoms with Gasteiger partial charge in [-0.2, -0.15) is 4.57 Å². The van der Waals surface area contributed by atoms with Gasteiger partial charge in [0.05, 0.1) is 0 Å². The zero-order chi connectivity index (χ0) is 17.6. The van der Waals surface area contributed by atoms with Crippen molar-refractivity contribution in [2.24, 2.45) is 7.05 Å². The third kappa shape index (κ3) is 3.08. The molecular formula is C13H14B10N+. The molecule has 1 nitrogen and oxygen atoms in total. The number of nitrogens with zero attached hydrogens (tertiary/aromatic N) is 1. The van der Waals surface area contributed by atoms with Crippen molar-refractivity contribution in [2.75, 3.05) is 0 Å². The van der Waals surface area contributed by atoms with Crippen LogP contribution in [0.15, 0.2) is 36.4 Å². The maximum Gasteiger partial charge on any atom is 0.212 e. The summed E-state index contributed by atoms with van der Waals surface area (Å²) in [5.74, 6) is 0.811. The number of aryl methyl sites for hydroxylation is 1. The SMILES string of the molecule is [B]B([B])B([B])B(B([B])[B])B1C(C)C1c1ccc2ccccc2[n+]1C. The Balaban J connectivity index is 1.95. The summed E-state index contributed by atoms with van der Waals surface area (Å²) in [6.45, 7) is 2.51. The Morgan fingerprint density at radius 3 is 2.25 bits per heavy atom. The molecular weight excluding hydrogens is 278 g/mol. The van der Waals surface area contributed by atoms with E-state index in [1.165, 1.54) is 16.6 Å². The average Bonchev–Trinajstić information content (AvgIpc) is 3.18. The molecule has 0 aliphatic carbocycles. The van der Waals surface area contributed by atoms with Crippen molar-refractivity contribution in [3.8, 4) is 0 Å². The molecule has 10 radical (unpaired) electrons. The number of pyridine rings is 1. The smallest absolute Gasteiger partial charge is 0.199 e. The van der Waals surface area contributed by atoms with Gasteiger partial charge >= 0.3 is 0 Å². The van der Waals surface area contributed by atoms with Gasteiger partial charge in [-0.3, -0.25) is 0 Å². The lowest BCUT2D eigenvalue weighted by Gasteiger charge is -2.25. The zero-order valence-electron chi connectivity index (χ0n) is 14.3. The van der Waals surface area contributed by atoms with Gasteiger partial charge in [-0.05, 0) is 12.1 Å². The lowest BCUT2D eigenvalue weighted by Crippen LogP contribution is -2.64. The first kappa shape index (κ1) is 18.1. The topological polar surface area (TPSA) is 3.88 Å². The van der Waals surface area contributed by atoms with E-state index in [4.69, 9.17) is 38.7 Å². The standard InChI is InChI=1S/C13H14B10N/c1-9-13(19(9)23(21(16)17)22(18)20(14)15)12-8-7-10-5-3-4-6-11(10)24(12)2/h3-9,13H,1-2H3/q+1. The Hall–Kier alpha value is -0.721. The fraction of sp³-hybridized carbons (Fsp3) is 0.308. The Morgan fingerprint density at radius 2 is 1.62 bits per heavy atom. The van der Waals surface area contributed by atoms with Gasteiger partial charge < -0.3 is 0 Å². The number of fused-ring (bicyclic) bond motifs is 1. The molecule has 2 atom stereocenters. The molecule has 0 spiro atoms. The number of aromatic nitrogens is 1. The summed E-state index contributed by atoms with van der Waals surface area (Å²) in [6, 6.07) is 12.7. The predicted molar refractivity (Wildman–Crippen MR) is 115 cm³/mol. The number of hydrogen-bond acceptors (Lipinski definition) is 0. The van der Waals surface area contributed by atoms with Crippen LogP contribution in [0.2, 0.25) is 5.82 Å². The van der Waals surface area contributed by atoms with Crippen molar-refractivity contribution in [2.45, 2.75) is 18.6 Å². The predicted octanol–water partition coefficient (Wildman–Crippen LogP) is -1.20. The molecule has 0 bridgehead atoms. The fourth-order valence-electron chi connectivity index (χ4n) is 4.27. The summed E-state index contributed by atoms with van der Waals surface area (Å²) >= 11 is 0. The number of benzene rings is 1. The molecule has 11 heteroatoms. The molecule has 1 aromatic carbocycles. The van der Waals surface area contributed by atoms with E-state index in [2.05, 4.69) is 54.9 Å². The molecule has 24 heavy (non-hydrogen) atoms. The highest BCUT2D eigenvalue weighted by atomic mass is 14.9. The monoisotopic (exact) mass is 294 g/mol. The van der Waals surface area contributed by atoms with E-state index in [9.17, 15) is 0 Å². The second-order valence-corrected chi connectivity index (χ2v) is 7.15. The van der Waals surface area contributed by atoms with Crippen molar-refractivity contribution in [3.63, 3.8) is 0 Å². The third-order valence-electron chi connectivity index (χ3n) is 5.69. The summed E-state index contributed by atoms with van der Waals surface area (Å²) in [5, 5.41) is 1.22. The zero-order valence-corrected chi connectivity index (χ0v) is 14.3. The molecule has 2 aromatic rings. The molecule has 2 heterocycles. The average molecular weight is 292 g/mol. The molecule has 0 amide bonds. The highest BCUT2D eigenvalue weighted by molar-refractivity contribution is 8.01. The molecule has 1 aromatic heterocycles. The van der Waals surface area contributed by atoms with E-state index in [1.54, 1.807) is 0 Å². The Bertz CT molecular complexity index is 738. The van der Waals surface area contributed by atoms with Crippen molar-refractivity contribution in [1.29, 1.82) is 0 Å². The van der Waals surface area contributed by atoms with Gasteiger partial charge in [0.25, 0.3) is 0 Å². The highest BCUT2D eigenvalue weighted by Crippen LogP contribution is 2.51. The maximum atomic E-state index is 6.22. The Morgan fingerprint density at radius 1 is 0.958 bits per heavy atom. The molecule has 1 saturated heterocycles. The van der Waals surface area contributed by atoms with Crippen molar-refractivity contribution in [1.82, 2.24) is 0 Å². The first-order valence-electron chi connectivity index (χ1n) is 8.50. The van der Waals surface area contributed by atoms with E-state index in [0.29, 0.717) is 18.2 Å². The minimum absolute atomic E-state index is 0.100. The molecule has 2 unspecified atom stereocenters. The molecule has 1 aliphatic rings. The van der Waals surface area contributed by atoms with Gasteiger partial charge in [-0.25, -0.2) is 0 Å². The number of rotatable bonds is 5. The van der Waals surface area contributed by atoms with Gasteiger partial charge in [0.15, 0.2) is 5.69 Å². The van der Waals surface area contributed by atoms with Crippen LogP contribution in [0.3, 0.4) is 0 Å². The van der Waals surface area contributed by atoms with Crippen LogP contribution in [0.25, 0.3) is 10.9 Å². The third-order valence-corrected chi connectivity index (χ3v) is 5.69. The van der Waals surface area contributed by atoms with Crippen LogP contribution in [0.1, 0.15) is 18.4 Å². The largest absolute Gasteiger partial charge is 0.212 e. The molecule has 0 saturated carbocycles. The first-order chi connectivity index (χ1) is 11.3. The van der Waals surface area contributed by atoms with Crippen LogP contribution >= 0.6 is 0 Å². The van der Waals surface area contributed by atoms with E-state index in [-0.39, 0.29) is 6.39 Å². The number of para-hydroxylation sites is 1. The highest BCUT2D eigenvalue weighted by Gasteiger charge is 2.59. The van der Waals surface area contributed by atoms with Gasteiger partial charge in [-0.15, -0.1) is 0 Å². The van der Waals surface area contributed by atoms with Gasteiger partial charge in [-0.1, -0.05) is 24.9 Å². The van der Waals surface area contributed by atoms with E-state index < -0.39 is 19.2 Å². The summed E-state index contributed by atoms with van der Waals surface area (Å²) in [6.07, 6.45) is -1.66. The normalized spacial score (nSPS) is 19.2. The van der Waals surface area contributed by atoms with Crippen LogP contribution in [0.5, 0.6) is 0 Å². The molecule has 1 fully saturated rings. The van der Waals surface area contributed by atoms with Crippen LogP contribution < -0.4 is 4.57 Å². The van der Waals surface area contributed by atoms with Gasteiger partial charge in [0.1, 0.15) is 13.7 Å². The van der Waals surface area contributed by atoms with E-state index >= 15 is 0 Å². The van der Waals surface area contributed by atoms with Crippen LogP contribution in [-0.4, -0.2) is 70.8 Å². The van der Waals surface area contributed by atoms with Gasteiger partial charge in [0.2, 0.25) is 5.52 Å². The first-order valence-corrected chi connectivity index (χ1v) is 8.50. The molecule has 0 N–H and O–H groups in total. The van der Waals surface area contributed by atoms with Crippen LogP contribution in [0, 0.1) is 0 Å². The number of hydrogen-bond donors (Lipinski definition) is 0. The Labute approximate surface area is 154 Å². The van der Waals surface area contributed by atoms with E-state index in [0.717, 1.165) is 0 Å². The van der Waals surface area contributed by atoms with Crippen molar-refractivity contribution < 1.29 is 4.57 Å². The van der Waals surface area contributed by atoms with Crippen LogP contribution in [-0.2, 0) is 7.05 Å². The Kier molecular flexibility index (Phi) is 5.19. The summed E-state index contributed by atoms with van der Waals surface area (Å²) in [5.41, 5.74) is 2.48. The summed E-state index contributed by atoms with van der Waals surface area (Å²) < 4.78 is 2.25. The quantitative estimate of drug-likeness (QED) is 0.482. The lowest BCUT2D eigenvalue weighted by molar-refractivity contribution is -0.652. The minimum Gasteiger partial charge on any atom is -0.199 e. The van der Waals surface area contributed by atoms with Gasteiger partial charge in [0, 0.05) is 87.6 Å². The van der Waals surface area contributed by atoms with Crippen molar-refractivity contribution >= 4 is 81.7 Å². The molecule has 100 valence electrons. The fourth-order valence-corrected chi connectivity index (χ4v) is 4.27. The summed E-state index contributed by atoms with van der Waals surface area (Å²) in [4.78, 5) is 0. The minimum atomic E-state index is -0.622. The lowest BCUT2D eigenvalue weighted by atomic mass is 8.57. The second-order valence-electron chi connectivity index (χ2n) is 7.15.